The lowest BCUT2D eigenvalue weighted by atomic mass is 9.86. The summed E-state index contributed by atoms with van der Waals surface area (Å²) in [5.41, 5.74) is 0.886. The Morgan fingerprint density at radius 1 is 1.45 bits per heavy atom. The van der Waals surface area contributed by atoms with Crippen molar-refractivity contribution < 1.29 is 13.6 Å². The van der Waals surface area contributed by atoms with Crippen LogP contribution >= 0.6 is 11.5 Å². The number of alkyl halides is 2. The van der Waals surface area contributed by atoms with Crippen LogP contribution in [0.1, 0.15) is 24.1 Å². The lowest BCUT2D eigenvalue weighted by molar-refractivity contribution is -0.126. The molecule has 2 aliphatic rings. The highest BCUT2D eigenvalue weighted by Crippen LogP contribution is 2.49. The van der Waals surface area contributed by atoms with Crippen molar-refractivity contribution in [2.24, 2.45) is 5.92 Å². The molecule has 1 atom stereocenters. The SMILES string of the molecule is Cc1cc(Nc2ncc(C)c(N3CC(CC#N)(NC(=O)C4CC4(F)F)C3)n2)sn1. The van der Waals surface area contributed by atoms with E-state index in [4.69, 9.17) is 5.26 Å². The monoisotopic (exact) mass is 419 g/mol. The normalized spacial score (nSPS) is 21.1. The van der Waals surface area contributed by atoms with Gasteiger partial charge in [-0.3, -0.25) is 4.79 Å². The van der Waals surface area contributed by atoms with Gasteiger partial charge in [0, 0.05) is 31.3 Å². The quantitative estimate of drug-likeness (QED) is 0.741. The molecule has 2 fully saturated rings. The summed E-state index contributed by atoms with van der Waals surface area (Å²) in [5, 5.41) is 15.8. The Morgan fingerprint density at radius 2 is 2.17 bits per heavy atom. The van der Waals surface area contributed by atoms with Crippen molar-refractivity contribution >= 4 is 34.2 Å². The Kier molecular flexibility index (Phi) is 4.61. The maximum absolute atomic E-state index is 13.2. The summed E-state index contributed by atoms with van der Waals surface area (Å²) in [5.74, 6) is -3.82. The molecule has 152 valence electrons. The molecule has 0 aromatic carbocycles. The molecule has 0 bridgehead atoms. The number of hydrogen-bond donors (Lipinski definition) is 2. The number of nitrogens with zero attached hydrogens (tertiary/aromatic N) is 5. The molecule has 1 saturated carbocycles. The third-order valence-electron chi connectivity index (χ3n) is 5.04. The molecule has 2 N–H and O–H groups in total. The number of anilines is 3. The molecule has 1 unspecified atom stereocenters. The van der Waals surface area contributed by atoms with Crippen LogP contribution in [0.25, 0.3) is 0 Å². The van der Waals surface area contributed by atoms with E-state index in [0.29, 0.717) is 24.9 Å². The van der Waals surface area contributed by atoms with Gasteiger partial charge in [0.15, 0.2) is 0 Å². The molecular weight excluding hydrogens is 400 g/mol. The molecule has 3 heterocycles. The topological polar surface area (TPSA) is 107 Å². The fraction of sp³-hybridized carbons (Fsp3) is 0.500. The van der Waals surface area contributed by atoms with E-state index in [1.54, 1.807) is 6.20 Å². The van der Waals surface area contributed by atoms with Crippen molar-refractivity contribution in [3.8, 4) is 6.07 Å². The Hall–Kier alpha value is -2.87. The van der Waals surface area contributed by atoms with Crippen LogP contribution in [0.4, 0.5) is 25.5 Å². The van der Waals surface area contributed by atoms with Gasteiger partial charge in [-0.15, -0.1) is 0 Å². The van der Waals surface area contributed by atoms with E-state index in [2.05, 4.69) is 25.0 Å². The summed E-state index contributed by atoms with van der Waals surface area (Å²) >= 11 is 1.30. The highest BCUT2D eigenvalue weighted by Gasteiger charge is 2.62. The zero-order chi connectivity index (χ0) is 20.8. The van der Waals surface area contributed by atoms with Gasteiger partial charge in [0.25, 0.3) is 5.92 Å². The first kappa shape index (κ1) is 19.4. The standard InChI is InChI=1S/C18H19F2N7OS/c1-10-7-22-16(23-13-5-11(2)26-29-13)24-14(10)27-8-17(9-27,3-4-21)25-15(28)12-6-18(12,19)20/h5,7,12H,3,6,8-9H2,1-2H3,(H,25,28)(H,22,23,24). The number of aromatic nitrogens is 3. The van der Waals surface area contributed by atoms with E-state index in [9.17, 15) is 13.6 Å². The average molecular weight is 419 g/mol. The third kappa shape index (κ3) is 3.85. The Balaban J connectivity index is 1.46. The van der Waals surface area contributed by atoms with Crippen LogP contribution in [0.2, 0.25) is 0 Å². The summed E-state index contributed by atoms with van der Waals surface area (Å²) in [6.45, 7) is 4.40. The van der Waals surface area contributed by atoms with Crippen molar-refractivity contribution in [2.45, 2.75) is 38.2 Å². The molecule has 1 aliphatic carbocycles. The van der Waals surface area contributed by atoms with Crippen LogP contribution in [0.15, 0.2) is 12.3 Å². The van der Waals surface area contributed by atoms with E-state index >= 15 is 0 Å². The number of nitrogens with one attached hydrogen (secondary N) is 2. The first-order valence-corrected chi connectivity index (χ1v) is 9.84. The van der Waals surface area contributed by atoms with Crippen LogP contribution in [0.3, 0.4) is 0 Å². The van der Waals surface area contributed by atoms with Crippen LogP contribution < -0.4 is 15.5 Å². The van der Waals surface area contributed by atoms with Crippen molar-refractivity contribution in [3.05, 3.63) is 23.5 Å². The molecule has 29 heavy (non-hydrogen) atoms. The second-order valence-electron chi connectivity index (χ2n) is 7.64. The van der Waals surface area contributed by atoms with E-state index in [1.807, 2.05) is 30.9 Å². The van der Waals surface area contributed by atoms with E-state index in [0.717, 1.165) is 16.3 Å². The number of nitriles is 1. The third-order valence-corrected chi connectivity index (χ3v) is 5.84. The van der Waals surface area contributed by atoms with Crippen molar-refractivity contribution in [1.29, 1.82) is 5.26 Å². The molecule has 8 nitrogen and oxygen atoms in total. The minimum atomic E-state index is -2.93. The van der Waals surface area contributed by atoms with E-state index in [1.165, 1.54) is 11.5 Å². The molecule has 0 spiro atoms. The van der Waals surface area contributed by atoms with Crippen molar-refractivity contribution in [3.63, 3.8) is 0 Å². The minimum Gasteiger partial charge on any atom is -0.351 e. The highest BCUT2D eigenvalue weighted by atomic mass is 32.1. The van der Waals surface area contributed by atoms with Crippen LogP contribution in [0, 0.1) is 31.1 Å². The summed E-state index contributed by atoms with van der Waals surface area (Å²) in [6, 6.07) is 3.94. The highest BCUT2D eigenvalue weighted by molar-refractivity contribution is 7.10. The molecule has 1 saturated heterocycles. The Morgan fingerprint density at radius 3 is 2.76 bits per heavy atom. The molecule has 1 aliphatic heterocycles. The Labute approximate surface area is 170 Å². The first-order valence-electron chi connectivity index (χ1n) is 9.07. The molecule has 2 aromatic heterocycles. The lowest BCUT2D eigenvalue weighted by Crippen LogP contribution is -2.71. The number of carbonyl (C=O) groups excluding carboxylic acids is 1. The summed E-state index contributed by atoms with van der Waals surface area (Å²) in [6.07, 6.45) is 1.30. The van der Waals surface area contributed by atoms with Gasteiger partial charge in [-0.25, -0.2) is 13.8 Å². The average Bonchev–Trinajstić information content (AvgIpc) is 3.08. The van der Waals surface area contributed by atoms with E-state index < -0.39 is 29.7 Å². The minimum absolute atomic E-state index is 0.0446. The summed E-state index contributed by atoms with van der Waals surface area (Å²) < 4.78 is 30.6. The maximum Gasteiger partial charge on any atom is 0.260 e. The van der Waals surface area contributed by atoms with Gasteiger partial charge in [0.2, 0.25) is 11.9 Å². The molecule has 1 amide bonds. The summed E-state index contributed by atoms with van der Waals surface area (Å²) in [4.78, 5) is 22.8. The summed E-state index contributed by atoms with van der Waals surface area (Å²) in [7, 11) is 0. The fourth-order valence-corrected chi connectivity index (χ4v) is 4.07. The second-order valence-corrected chi connectivity index (χ2v) is 8.44. The number of hydrogen-bond acceptors (Lipinski definition) is 8. The predicted molar refractivity (Wildman–Crippen MR) is 103 cm³/mol. The molecule has 11 heteroatoms. The zero-order valence-electron chi connectivity index (χ0n) is 15.9. The van der Waals surface area contributed by atoms with Gasteiger partial charge in [-0.2, -0.15) is 14.6 Å². The lowest BCUT2D eigenvalue weighted by Gasteiger charge is -2.50. The molecule has 0 radical (unpaired) electrons. The van der Waals surface area contributed by atoms with Gasteiger partial charge in [0.1, 0.15) is 16.7 Å². The molecule has 2 aromatic rings. The van der Waals surface area contributed by atoms with Crippen LogP contribution in [-0.4, -0.2) is 44.8 Å². The fourth-order valence-electron chi connectivity index (χ4n) is 3.41. The van der Waals surface area contributed by atoms with E-state index in [-0.39, 0.29) is 6.42 Å². The smallest absolute Gasteiger partial charge is 0.260 e. The van der Waals surface area contributed by atoms with Gasteiger partial charge < -0.3 is 15.5 Å². The number of halogens is 2. The van der Waals surface area contributed by atoms with Gasteiger partial charge in [0.05, 0.1) is 23.7 Å². The largest absolute Gasteiger partial charge is 0.351 e. The first-order chi connectivity index (χ1) is 13.7. The van der Waals surface area contributed by atoms with Crippen molar-refractivity contribution in [1.82, 2.24) is 19.7 Å². The van der Waals surface area contributed by atoms with Gasteiger partial charge in [-0.1, -0.05) is 0 Å². The maximum atomic E-state index is 13.2. The van der Waals surface area contributed by atoms with Crippen LogP contribution in [-0.2, 0) is 4.79 Å². The number of carbonyl (C=O) groups is 1. The number of aryl methyl sites for hydroxylation is 2. The van der Waals surface area contributed by atoms with Gasteiger partial charge in [-0.05, 0) is 31.4 Å². The molecule has 4 rings (SSSR count). The predicted octanol–water partition coefficient (Wildman–Crippen LogP) is 2.54. The van der Waals surface area contributed by atoms with Crippen molar-refractivity contribution in [2.75, 3.05) is 23.3 Å². The molecular formula is C18H19F2N7OS. The second kappa shape index (κ2) is 6.88. The van der Waals surface area contributed by atoms with Crippen LogP contribution in [0.5, 0.6) is 0 Å². The Bertz CT molecular complexity index is 996. The number of amides is 1. The van der Waals surface area contributed by atoms with Gasteiger partial charge >= 0.3 is 0 Å². The number of rotatable bonds is 6. The zero-order valence-corrected chi connectivity index (χ0v) is 16.7.